The van der Waals surface area contributed by atoms with Crippen molar-refractivity contribution in [3.8, 4) is 16.9 Å². The van der Waals surface area contributed by atoms with Crippen LogP contribution in [0.4, 0.5) is 8.78 Å². The zero-order valence-electron chi connectivity index (χ0n) is 12.2. The highest BCUT2D eigenvalue weighted by molar-refractivity contribution is 5.90. The van der Waals surface area contributed by atoms with Crippen LogP contribution < -0.4 is 4.74 Å². The highest BCUT2D eigenvalue weighted by atomic mass is 19.3. The summed E-state index contributed by atoms with van der Waals surface area (Å²) in [5.74, 6) is -1.01. The Hall–Kier alpha value is -2.44. The summed E-state index contributed by atoms with van der Waals surface area (Å²) in [6, 6.07) is 3.84. The summed E-state index contributed by atoms with van der Waals surface area (Å²) < 4.78 is 30.7. The molecule has 1 N–H and O–H groups in total. The number of nitrogens with zero attached hydrogens (tertiary/aromatic N) is 2. The molecule has 0 aliphatic carbocycles. The van der Waals surface area contributed by atoms with Gasteiger partial charge in [0.05, 0.1) is 11.8 Å². The highest BCUT2D eigenvalue weighted by Gasteiger charge is 2.13. The summed E-state index contributed by atoms with van der Waals surface area (Å²) in [7, 11) is 0. The van der Waals surface area contributed by atoms with Crippen LogP contribution in [0, 0.1) is 5.92 Å². The molecule has 0 saturated carbocycles. The maximum Gasteiger partial charge on any atom is 0.387 e. The van der Waals surface area contributed by atoms with Gasteiger partial charge >= 0.3 is 12.6 Å². The average molecular weight is 310 g/mol. The van der Waals surface area contributed by atoms with Gasteiger partial charge in [0.15, 0.2) is 0 Å². The van der Waals surface area contributed by atoms with E-state index in [-0.39, 0.29) is 11.3 Å². The number of alkyl halides is 2. The van der Waals surface area contributed by atoms with Gasteiger partial charge in [0, 0.05) is 18.3 Å². The van der Waals surface area contributed by atoms with Crippen LogP contribution in [0.1, 0.15) is 24.2 Å². The minimum atomic E-state index is -3.01. The van der Waals surface area contributed by atoms with E-state index < -0.39 is 12.6 Å². The van der Waals surface area contributed by atoms with E-state index in [4.69, 9.17) is 5.11 Å². The fourth-order valence-corrected chi connectivity index (χ4v) is 2.05. The number of carboxylic acid groups (broad SMARTS) is 1. The summed E-state index contributed by atoms with van der Waals surface area (Å²) in [6.45, 7) is 1.78. The quantitative estimate of drug-likeness (QED) is 0.887. The standard InChI is InChI=1S/C15H16F2N2O3/c1-9(2)7-19-8-12(6-18-19)10-3-11(14(20)21)5-13(4-10)22-15(16)17/h3-6,8-9,15H,7H2,1-2H3,(H,20,21). The zero-order chi connectivity index (χ0) is 16.3. The van der Waals surface area contributed by atoms with Gasteiger partial charge in [-0.1, -0.05) is 13.8 Å². The summed E-state index contributed by atoms with van der Waals surface area (Å²) >= 11 is 0. The smallest absolute Gasteiger partial charge is 0.387 e. The first-order chi connectivity index (χ1) is 10.3. The van der Waals surface area contributed by atoms with Gasteiger partial charge in [0.1, 0.15) is 5.75 Å². The molecule has 1 heterocycles. The number of rotatable bonds is 6. The SMILES string of the molecule is CC(C)Cn1cc(-c2cc(OC(F)F)cc(C(=O)O)c2)cn1. The summed E-state index contributed by atoms with van der Waals surface area (Å²) in [5.41, 5.74) is 0.984. The predicted molar refractivity (Wildman–Crippen MR) is 76.1 cm³/mol. The molecule has 0 aliphatic rings. The van der Waals surface area contributed by atoms with Crippen LogP contribution >= 0.6 is 0 Å². The monoisotopic (exact) mass is 310 g/mol. The number of carboxylic acids is 1. The van der Waals surface area contributed by atoms with Gasteiger partial charge in [-0.15, -0.1) is 0 Å². The number of ether oxygens (including phenoxy) is 1. The van der Waals surface area contributed by atoms with E-state index in [0.29, 0.717) is 23.6 Å². The molecule has 0 atom stereocenters. The number of hydrogen-bond donors (Lipinski definition) is 1. The third-order valence-corrected chi connectivity index (χ3v) is 2.90. The van der Waals surface area contributed by atoms with Gasteiger partial charge in [-0.2, -0.15) is 13.9 Å². The van der Waals surface area contributed by atoms with E-state index in [2.05, 4.69) is 9.84 Å². The molecule has 1 aromatic heterocycles. The van der Waals surface area contributed by atoms with Crippen LogP contribution in [0.15, 0.2) is 30.6 Å². The van der Waals surface area contributed by atoms with Crippen LogP contribution in [-0.2, 0) is 6.54 Å². The molecular formula is C15H16F2N2O3. The largest absolute Gasteiger partial charge is 0.478 e. The number of aromatic nitrogens is 2. The lowest BCUT2D eigenvalue weighted by Crippen LogP contribution is -2.04. The van der Waals surface area contributed by atoms with E-state index in [0.717, 1.165) is 6.07 Å². The van der Waals surface area contributed by atoms with Crippen LogP contribution in [-0.4, -0.2) is 27.5 Å². The molecular weight excluding hydrogens is 294 g/mol. The molecule has 2 aromatic rings. The molecule has 5 nitrogen and oxygen atoms in total. The lowest BCUT2D eigenvalue weighted by Gasteiger charge is -2.08. The van der Waals surface area contributed by atoms with Gasteiger partial charge in [0.25, 0.3) is 0 Å². The minimum absolute atomic E-state index is 0.121. The first kappa shape index (κ1) is 15.9. The van der Waals surface area contributed by atoms with Crippen molar-refractivity contribution in [1.82, 2.24) is 9.78 Å². The van der Waals surface area contributed by atoms with Crippen molar-refractivity contribution in [2.45, 2.75) is 27.0 Å². The molecule has 7 heteroatoms. The van der Waals surface area contributed by atoms with Gasteiger partial charge in [0.2, 0.25) is 0 Å². The van der Waals surface area contributed by atoms with Gasteiger partial charge < -0.3 is 9.84 Å². The molecule has 2 rings (SSSR count). The van der Waals surface area contributed by atoms with Crippen molar-refractivity contribution in [3.05, 3.63) is 36.2 Å². The Bertz CT molecular complexity index is 669. The van der Waals surface area contributed by atoms with Gasteiger partial charge in [-0.3, -0.25) is 4.68 Å². The lowest BCUT2D eigenvalue weighted by atomic mass is 10.1. The third-order valence-electron chi connectivity index (χ3n) is 2.90. The summed E-state index contributed by atoms with van der Waals surface area (Å²) in [5, 5.41) is 13.3. The van der Waals surface area contributed by atoms with Crippen LogP contribution in [0.5, 0.6) is 5.75 Å². The number of halogens is 2. The highest BCUT2D eigenvalue weighted by Crippen LogP contribution is 2.27. The van der Waals surface area contributed by atoms with Crippen molar-refractivity contribution in [3.63, 3.8) is 0 Å². The second kappa shape index (κ2) is 6.55. The average Bonchev–Trinajstić information content (AvgIpc) is 2.85. The van der Waals surface area contributed by atoms with E-state index in [1.54, 1.807) is 17.1 Å². The Morgan fingerprint density at radius 1 is 1.32 bits per heavy atom. The molecule has 0 fully saturated rings. The van der Waals surface area contributed by atoms with Gasteiger partial charge in [-0.25, -0.2) is 4.79 Å². The van der Waals surface area contributed by atoms with Crippen LogP contribution in [0.25, 0.3) is 11.1 Å². The Balaban J connectivity index is 2.38. The Labute approximate surface area is 126 Å². The van der Waals surface area contributed by atoms with Crippen LogP contribution in [0.3, 0.4) is 0 Å². The van der Waals surface area contributed by atoms with Crippen molar-refractivity contribution in [1.29, 1.82) is 0 Å². The normalized spacial score (nSPS) is 11.2. The maximum absolute atomic E-state index is 12.3. The molecule has 0 spiro atoms. The lowest BCUT2D eigenvalue weighted by molar-refractivity contribution is -0.0498. The van der Waals surface area contributed by atoms with E-state index in [1.165, 1.54) is 12.1 Å². The number of hydrogen-bond acceptors (Lipinski definition) is 3. The molecule has 0 aliphatic heterocycles. The molecule has 22 heavy (non-hydrogen) atoms. The first-order valence-corrected chi connectivity index (χ1v) is 6.71. The summed E-state index contributed by atoms with van der Waals surface area (Å²) in [4.78, 5) is 11.1. The van der Waals surface area contributed by atoms with E-state index in [1.807, 2.05) is 13.8 Å². The molecule has 0 radical (unpaired) electrons. The van der Waals surface area contributed by atoms with E-state index >= 15 is 0 Å². The molecule has 0 saturated heterocycles. The maximum atomic E-state index is 12.3. The molecule has 118 valence electrons. The topological polar surface area (TPSA) is 64.3 Å². The van der Waals surface area contributed by atoms with Crippen LogP contribution in [0.2, 0.25) is 0 Å². The summed E-state index contributed by atoms with van der Waals surface area (Å²) in [6.07, 6.45) is 3.31. The number of aromatic carboxylic acids is 1. The number of carbonyl (C=O) groups is 1. The van der Waals surface area contributed by atoms with Crippen molar-refractivity contribution in [2.24, 2.45) is 5.92 Å². The Morgan fingerprint density at radius 3 is 2.64 bits per heavy atom. The number of benzene rings is 1. The fourth-order valence-electron chi connectivity index (χ4n) is 2.05. The minimum Gasteiger partial charge on any atom is -0.478 e. The second-order valence-electron chi connectivity index (χ2n) is 5.27. The molecule has 0 unspecified atom stereocenters. The van der Waals surface area contributed by atoms with Crippen molar-refractivity contribution >= 4 is 5.97 Å². The Morgan fingerprint density at radius 2 is 2.05 bits per heavy atom. The molecule has 0 amide bonds. The second-order valence-corrected chi connectivity index (χ2v) is 5.27. The first-order valence-electron chi connectivity index (χ1n) is 6.71. The van der Waals surface area contributed by atoms with Gasteiger partial charge in [-0.05, 0) is 29.7 Å². The fraction of sp³-hybridized carbons (Fsp3) is 0.333. The van der Waals surface area contributed by atoms with Crippen molar-refractivity contribution < 1.29 is 23.4 Å². The molecule has 1 aromatic carbocycles. The third kappa shape index (κ3) is 4.03. The zero-order valence-corrected chi connectivity index (χ0v) is 12.2. The van der Waals surface area contributed by atoms with E-state index in [9.17, 15) is 13.6 Å². The predicted octanol–water partition coefficient (Wildman–Crippen LogP) is 3.51. The molecule has 0 bridgehead atoms. The Kier molecular flexibility index (Phi) is 4.75. The van der Waals surface area contributed by atoms with Crippen molar-refractivity contribution in [2.75, 3.05) is 0 Å².